The van der Waals surface area contributed by atoms with Crippen molar-refractivity contribution in [3.63, 3.8) is 0 Å². The van der Waals surface area contributed by atoms with Crippen LogP contribution in [-0.2, 0) is 21.4 Å². The fourth-order valence-corrected chi connectivity index (χ4v) is 5.63. The van der Waals surface area contributed by atoms with E-state index in [2.05, 4.69) is 25.2 Å². The maximum absolute atomic E-state index is 14.2. The maximum atomic E-state index is 14.2. The fraction of sp³-hybridized carbons (Fsp3) is 0.219. The minimum atomic E-state index is -3.36. The van der Waals surface area contributed by atoms with Gasteiger partial charge in [-0.15, -0.1) is 0 Å². The van der Waals surface area contributed by atoms with Gasteiger partial charge < -0.3 is 15.4 Å². The molecule has 4 aromatic rings. The molecule has 0 saturated carbocycles. The van der Waals surface area contributed by atoms with Crippen LogP contribution < -0.4 is 25.0 Å². The van der Waals surface area contributed by atoms with Gasteiger partial charge in [0, 0.05) is 55.9 Å². The lowest BCUT2D eigenvalue weighted by Gasteiger charge is -2.29. The third-order valence-corrected chi connectivity index (χ3v) is 7.58. The molecule has 3 amide bonds. The molecular weight excluding hydrogens is 599 g/mol. The molecule has 1 saturated heterocycles. The third kappa shape index (κ3) is 8.77. The number of ether oxygens (including phenoxy) is 1. The van der Waals surface area contributed by atoms with Gasteiger partial charge in [0.15, 0.2) is 0 Å². The average Bonchev–Trinajstić information content (AvgIpc) is 3.44. The molecule has 0 aliphatic carbocycles. The Hall–Kier alpha value is -5.01. The van der Waals surface area contributed by atoms with E-state index >= 15 is 0 Å². The van der Waals surface area contributed by atoms with E-state index in [4.69, 9.17) is 4.74 Å². The number of rotatable bonds is 10. The van der Waals surface area contributed by atoms with Crippen LogP contribution in [0.4, 0.5) is 31.9 Å². The van der Waals surface area contributed by atoms with Gasteiger partial charge in [0.2, 0.25) is 21.8 Å². The third-order valence-electron chi connectivity index (χ3n) is 6.98. The molecule has 3 aromatic carbocycles. The van der Waals surface area contributed by atoms with Crippen molar-refractivity contribution < 1.29 is 27.1 Å². The number of amides is 3. The lowest BCUT2D eigenvalue weighted by molar-refractivity contribution is -0.114. The number of halogens is 1. The normalized spacial score (nSPS) is 14.9. The summed E-state index contributed by atoms with van der Waals surface area (Å²) in [6.07, 6.45) is 3.57. The van der Waals surface area contributed by atoms with Gasteiger partial charge in [-0.25, -0.2) is 22.6 Å². The molecule has 234 valence electrons. The quantitative estimate of drug-likeness (QED) is 0.206. The molecule has 1 aromatic heterocycles. The summed E-state index contributed by atoms with van der Waals surface area (Å²) in [6.45, 7) is 3.29. The zero-order chi connectivity index (χ0) is 32.0. The van der Waals surface area contributed by atoms with Crippen molar-refractivity contribution in [3.8, 4) is 11.6 Å². The Balaban J connectivity index is 1.22. The molecule has 45 heavy (non-hydrogen) atoms. The molecular formula is C32H33FN6O5S. The minimum Gasteiger partial charge on any atom is -0.439 e. The van der Waals surface area contributed by atoms with Gasteiger partial charge in [-0.3, -0.25) is 19.3 Å². The number of anilines is 4. The van der Waals surface area contributed by atoms with E-state index in [1.54, 1.807) is 41.4 Å². The molecule has 13 heteroatoms. The molecule has 0 radical (unpaired) electrons. The summed E-state index contributed by atoms with van der Waals surface area (Å²) in [4.78, 5) is 33.4. The summed E-state index contributed by atoms with van der Waals surface area (Å²) in [5, 5.41) is 5.29. The number of nitrogens with zero attached hydrogens (tertiary/aromatic N) is 3. The van der Waals surface area contributed by atoms with Crippen molar-refractivity contribution in [2.45, 2.75) is 25.9 Å². The lowest BCUT2D eigenvalue weighted by atomic mass is 10.2. The van der Waals surface area contributed by atoms with Crippen LogP contribution in [0.15, 0.2) is 91.1 Å². The first kappa shape index (κ1) is 31.4. The van der Waals surface area contributed by atoms with E-state index in [-0.39, 0.29) is 17.8 Å². The second-order valence-electron chi connectivity index (χ2n) is 10.7. The van der Waals surface area contributed by atoms with Crippen molar-refractivity contribution in [1.29, 1.82) is 0 Å². The highest BCUT2D eigenvalue weighted by atomic mass is 32.2. The Morgan fingerprint density at radius 2 is 1.73 bits per heavy atom. The van der Waals surface area contributed by atoms with E-state index in [0.717, 1.165) is 30.5 Å². The summed E-state index contributed by atoms with van der Waals surface area (Å²) in [5.41, 5.74) is 2.49. The number of carbonyl (C=O) groups excluding carboxylic acids is 2. The Bertz CT molecular complexity index is 1760. The summed E-state index contributed by atoms with van der Waals surface area (Å²) in [7, 11) is -3.36. The summed E-state index contributed by atoms with van der Waals surface area (Å²) < 4.78 is 45.2. The summed E-state index contributed by atoms with van der Waals surface area (Å²) in [6, 6.07) is 23.1. The monoisotopic (exact) mass is 632 g/mol. The van der Waals surface area contributed by atoms with Gasteiger partial charge in [-0.2, -0.15) is 0 Å². The van der Waals surface area contributed by atoms with Gasteiger partial charge in [0.25, 0.3) is 0 Å². The first-order valence-electron chi connectivity index (χ1n) is 14.2. The maximum Gasteiger partial charge on any atom is 0.326 e. The smallest absolute Gasteiger partial charge is 0.326 e. The minimum absolute atomic E-state index is 0.0107. The first-order chi connectivity index (χ1) is 21.5. The highest BCUT2D eigenvalue weighted by Gasteiger charge is 2.32. The second kappa shape index (κ2) is 13.7. The van der Waals surface area contributed by atoms with E-state index in [1.807, 2.05) is 36.4 Å². The number of sulfonamides is 1. The number of carbonyl (C=O) groups is 2. The molecule has 0 spiro atoms. The molecule has 11 nitrogen and oxygen atoms in total. The van der Waals surface area contributed by atoms with E-state index in [1.165, 1.54) is 25.1 Å². The Morgan fingerprint density at radius 3 is 2.40 bits per heavy atom. The predicted molar refractivity (Wildman–Crippen MR) is 172 cm³/mol. The number of hydrogen-bond acceptors (Lipinski definition) is 7. The molecule has 1 aliphatic rings. The highest BCUT2D eigenvalue weighted by molar-refractivity contribution is 7.92. The van der Waals surface area contributed by atoms with Crippen LogP contribution in [-0.4, -0.2) is 55.6 Å². The largest absolute Gasteiger partial charge is 0.439 e. The lowest BCUT2D eigenvalue weighted by Crippen LogP contribution is -2.44. The van der Waals surface area contributed by atoms with Crippen LogP contribution in [0.5, 0.6) is 11.6 Å². The Morgan fingerprint density at radius 1 is 1.00 bits per heavy atom. The van der Waals surface area contributed by atoms with Gasteiger partial charge >= 0.3 is 6.03 Å². The molecule has 5 rings (SSSR count). The number of benzene rings is 3. The number of nitrogens with one attached hydrogen (secondary N) is 3. The van der Waals surface area contributed by atoms with Crippen molar-refractivity contribution in [2.24, 2.45) is 0 Å². The van der Waals surface area contributed by atoms with Crippen molar-refractivity contribution >= 4 is 44.7 Å². The molecule has 1 aliphatic heterocycles. The van der Waals surface area contributed by atoms with Gasteiger partial charge in [0.1, 0.15) is 11.6 Å². The van der Waals surface area contributed by atoms with Crippen molar-refractivity contribution in [2.75, 3.05) is 39.6 Å². The van der Waals surface area contributed by atoms with Crippen LogP contribution >= 0.6 is 0 Å². The zero-order valence-corrected chi connectivity index (χ0v) is 25.6. The number of urea groups is 1. The molecule has 0 unspecified atom stereocenters. The molecule has 1 atom stereocenters. The average molecular weight is 633 g/mol. The van der Waals surface area contributed by atoms with Crippen LogP contribution in [0.3, 0.4) is 0 Å². The van der Waals surface area contributed by atoms with Crippen molar-refractivity contribution in [1.82, 2.24) is 9.88 Å². The van der Waals surface area contributed by atoms with E-state index in [9.17, 15) is 22.4 Å². The number of hydrogen-bond donors (Lipinski definition) is 3. The topological polar surface area (TPSA) is 133 Å². The first-order valence-corrected chi connectivity index (χ1v) is 16.1. The SMILES string of the molecule is CC(=O)Nc1cc(NC(=O)N(c2ccccc2)[C@H]2CCN(Cc3ccc(Oc4ccc(NS(C)(=O)=O)cc4)nc3)C2)ccc1F. The Kier molecular flexibility index (Phi) is 9.59. The van der Waals surface area contributed by atoms with E-state index in [0.29, 0.717) is 36.1 Å². The summed E-state index contributed by atoms with van der Waals surface area (Å²) >= 11 is 0. The van der Waals surface area contributed by atoms with Gasteiger partial charge in [0.05, 0.1) is 18.0 Å². The highest BCUT2D eigenvalue weighted by Crippen LogP contribution is 2.27. The number of aromatic nitrogens is 1. The number of likely N-dealkylation sites (tertiary alicyclic amines) is 1. The van der Waals surface area contributed by atoms with Crippen LogP contribution in [0.2, 0.25) is 0 Å². The fourth-order valence-electron chi connectivity index (χ4n) is 5.07. The molecule has 3 N–H and O–H groups in total. The number of para-hydroxylation sites is 1. The second-order valence-corrected chi connectivity index (χ2v) is 12.4. The summed E-state index contributed by atoms with van der Waals surface area (Å²) in [5.74, 6) is -0.0938. The van der Waals surface area contributed by atoms with Crippen LogP contribution in [0, 0.1) is 5.82 Å². The van der Waals surface area contributed by atoms with Gasteiger partial charge in [-0.1, -0.05) is 24.3 Å². The molecule has 1 fully saturated rings. The van der Waals surface area contributed by atoms with E-state index < -0.39 is 21.7 Å². The van der Waals surface area contributed by atoms with Crippen LogP contribution in [0.1, 0.15) is 18.9 Å². The molecule has 0 bridgehead atoms. The van der Waals surface area contributed by atoms with Crippen molar-refractivity contribution in [3.05, 3.63) is 103 Å². The predicted octanol–water partition coefficient (Wildman–Crippen LogP) is 5.66. The number of pyridine rings is 1. The van der Waals surface area contributed by atoms with Gasteiger partial charge in [-0.05, 0) is 66.6 Å². The van der Waals surface area contributed by atoms with Crippen LogP contribution in [0.25, 0.3) is 0 Å². The molecule has 2 heterocycles. The zero-order valence-electron chi connectivity index (χ0n) is 24.7. The standard InChI is InChI=1S/C32H33FN6O5S/c1-22(40)35-30-18-25(11-14-29(30)33)36-32(41)39(26-6-4-3-5-7-26)27-16-17-38(21-27)20-23-8-15-31(34-19-23)44-28-12-9-24(10-13-28)37-45(2,42)43/h3-15,18-19,27,37H,16-17,20-21H2,1-2H3,(H,35,40)(H,36,41)/t27-/m0/s1. The Labute approximate surface area is 261 Å².